The Balaban J connectivity index is 1.95. The predicted molar refractivity (Wildman–Crippen MR) is 74.8 cm³/mol. The monoisotopic (exact) mass is 274 g/mol. The molecule has 1 unspecified atom stereocenters. The Morgan fingerprint density at radius 1 is 1.15 bits per heavy atom. The van der Waals surface area contributed by atoms with Crippen LogP contribution in [0.2, 0.25) is 0 Å². The summed E-state index contributed by atoms with van der Waals surface area (Å²) in [6, 6.07) is 12.8. The van der Waals surface area contributed by atoms with Crippen LogP contribution in [0.4, 0.5) is 10.1 Å². The van der Waals surface area contributed by atoms with Crippen LogP contribution < -0.4 is 5.32 Å². The number of rotatable bonds is 5. The van der Waals surface area contributed by atoms with Crippen molar-refractivity contribution >= 4 is 5.69 Å². The molecule has 5 heteroatoms. The third kappa shape index (κ3) is 3.61. The summed E-state index contributed by atoms with van der Waals surface area (Å²) in [4.78, 5) is 10.2. The topological polar surface area (TPSA) is 55.2 Å². The number of halogens is 1. The van der Waals surface area contributed by atoms with Crippen molar-refractivity contribution in [1.82, 2.24) is 5.32 Å². The summed E-state index contributed by atoms with van der Waals surface area (Å²) >= 11 is 0. The van der Waals surface area contributed by atoms with Gasteiger partial charge in [-0.1, -0.05) is 24.3 Å². The molecular formula is C15H15FN2O2. The fraction of sp³-hybridized carbons (Fsp3) is 0.200. The molecule has 1 atom stereocenters. The standard InChI is InChI=1S/C15H15FN2O2/c1-11(13-4-8-15(9-5-13)18(19)20)17-10-12-2-6-14(16)7-3-12/h2-9,11,17H,10H2,1H3. The lowest BCUT2D eigenvalue weighted by atomic mass is 10.1. The Kier molecular flexibility index (Phi) is 4.42. The summed E-state index contributed by atoms with van der Waals surface area (Å²) in [7, 11) is 0. The molecule has 0 fully saturated rings. The van der Waals surface area contributed by atoms with Crippen molar-refractivity contribution in [3.05, 3.63) is 75.6 Å². The van der Waals surface area contributed by atoms with Crippen LogP contribution in [0, 0.1) is 15.9 Å². The average Bonchev–Trinajstić information content (AvgIpc) is 2.46. The van der Waals surface area contributed by atoms with Gasteiger partial charge in [-0.3, -0.25) is 10.1 Å². The van der Waals surface area contributed by atoms with E-state index in [0.29, 0.717) is 6.54 Å². The van der Waals surface area contributed by atoms with E-state index in [1.807, 2.05) is 6.92 Å². The molecular weight excluding hydrogens is 259 g/mol. The molecule has 0 aliphatic carbocycles. The molecule has 0 radical (unpaired) electrons. The molecule has 0 spiro atoms. The van der Waals surface area contributed by atoms with Gasteiger partial charge in [0.2, 0.25) is 0 Å². The molecule has 2 aromatic rings. The molecule has 104 valence electrons. The largest absolute Gasteiger partial charge is 0.306 e. The van der Waals surface area contributed by atoms with E-state index in [4.69, 9.17) is 0 Å². The smallest absolute Gasteiger partial charge is 0.269 e. The molecule has 0 heterocycles. The SMILES string of the molecule is CC(NCc1ccc(F)cc1)c1ccc([N+](=O)[O-])cc1. The molecule has 0 bridgehead atoms. The minimum atomic E-state index is -0.416. The van der Waals surface area contributed by atoms with Crippen LogP contribution in [0.15, 0.2) is 48.5 Å². The van der Waals surface area contributed by atoms with Gasteiger partial charge in [-0.05, 0) is 30.2 Å². The molecule has 4 nitrogen and oxygen atoms in total. The Labute approximate surface area is 116 Å². The summed E-state index contributed by atoms with van der Waals surface area (Å²) in [5.74, 6) is -0.253. The molecule has 20 heavy (non-hydrogen) atoms. The summed E-state index contributed by atoms with van der Waals surface area (Å²) < 4.78 is 12.8. The van der Waals surface area contributed by atoms with Crippen molar-refractivity contribution in [2.45, 2.75) is 19.5 Å². The van der Waals surface area contributed by atoms with E-state index in [2.05, 4.69) is 5.32 Å². The van der Waals surface area contributed by atoms with Gasteiger partial charge in [0.05, 0.1) is 4.92 Å². The summed E-state index contributed by atoms with van der Waals surface area (Å²) in [6.45, 7) is 2.59. The first-order valence-corrected chi connectivity index (χ1v) is 6.28. The minimum absolute atomic E-state index is 0.0563. The quantitative estimate of drug-likeness (QED) is 0.669. The van der Waals surface area contributed by atoms with Crippen LogP contribution in [0.5, 0.6) is 0 Å². The summed E-state index contributed by atoms with van der Waals surface area (Å²) in [5, 5.41) is 13.9. The van der Waals surface area contributed by atoms with Gasteiger partial charge < -0.3 is 5.32 Å². The number of benzene rings is 2. The maximum Gasteiger partial charge on any atom is 0.269 e. The van der Waals surface area contributed by atoms with E-state index in [1.54, 1.807) is 24.3 Å². The van der Waals surface area contributed by atoms with Crippen molar-refractivity contribution in [3.63, 3.8) is 0 Å². The van der Waals surface area contributed by atoms with Gasteiger partial charge in [-0.2, -0.15) is 0 Å². The second-order valence-corrected chi connectivity index (χ2v) is 4.58. The number of hydrogen-bond acceptors (Lipinski definition) is 3. The maximum atomic E-state index is 12.8. The molecule has 0 saturated carbocycles. The predicted octanol–water partition coefficient (Wildman–Crippen LogP) is 3.58. The molecule has 0 amide bonds. The van der Waals surface area contributed by atoms with Gasteiger partial charge in [0.1, 0.15) is 5.82 Å². The van der Waals surface area contributed by atoms with E-state index in [-0.39, 0.29) is 17.5 Å². The summed E-state index contributed by atoms with van der Waals surface area (Å²) in [5.41, 5.74) is 2.04. The maximum absolute atomic E-state index is 12.8. The lowest BCUT2D eigenvalue weighted by Crippen LogP contribution is -2.18. The van der Waals surface area contributed by atoms with Crippen LogP contribution in [0.25, 0.3) is 0 Å². The Morgan fingerprint density at radius 2 is 1.75 bits per heavy atom. The first-order valence-electron chi connectivity index (χ1n) is 6.28. The summed E-state index contributed by atoms with van der Waals surface area (Å²) in [6.07, 6.45) is 0. The third-order valence-corrected chi connectivity index (χ3v) is 3.13. The van der Waals surface area contributed by atoms with Gasteiger partial charge in [0.25, 0.3) is 5.69 Å². The fourth-order valence-corrected chi connectivity index (χ4v) is 1.88. The average molecular weight is 274 g/mol. The van der Waals surface area contributed by atoms with Crippen molar-refractivity contribution in [3.8, 4) is 0 Å². The molecule has 0 aromatic heterocycles. The Bertz CT molecular complexity index is 582. The second-order valence-electron chi connectivity index (χ2n) is 4.58. The highest BCUT2D eigenvalue weighted by atomic mass is 19.1. The van der Waals surface area contributed by atoms with Gasteiger partial charge in [-0.25, -0.2) is 4.39 Å². The lowest BCUT2D eigenvalue weighted by Gasteiger charge is -2.14. The zero-order valence-corrected chi connectivity index (χ0v) is 11.0. The number of nitrogens with zero attached hydrogens (tertiary/aromatic N) is 1. The van der Waals surface area contributed by atoms with Gasteiger partial charge in [-0.15, -0.1) is 0 Å². The normalized spacial score (nSPS) is 12.1. The highest BCUT2D eigenvalue weighted by Crippen LogP contribution is 2.17. The Hall–Kier alpha value is -2.27. The molecule has 2 rings (SSSR count). The lowest BCUT2D eigenvalue weighted by molar-refractivity contribution is -0.384. The van der Waals surface area contributed by atoms with Crippen LogP contribution in [0.3, 0.4) is 0 Å². The van der Waals surface area contributed by atoms with E-state index in [1.165, 1.54) is 24.3 Å². The van der Waals surface area contributed by atoms with Crippen LogP contribution >= 0.6 is 0 Å². The van der Waals surface area contributed by atoms with Gasteiger partial charge in [0, 0.05) is 24.7 Å². The minimum Gasteiger partial charge on any atom is -0.306 e. The number of non-ortho nitro benzene ring substituents is 1. The molecule has 1 N–H and O–H groups in total. The number of nitrogens with one attached hydrogen (secondary N) is 1. The second kappa shape index (κ2) is 6.25. The zero-order chi connectivity index (χ0) is 14.5. The van der Waals surface area contributed by atoms with E-state index >= 15 is 0 Å². The van der Waals surface area contributed by atoms with E-state index in [0.717, 1.165) is 11.1 Å². The molecule has 0 aliphatic rings. The van der Waals surface area contributed by atoms with E-state index in [9.17, 15) is 14.5 Å². The third-order valence-electron chi connectivity index (χ3n) is 3.13. The fourth-order valence-electron chi connectivity index (χ4n) is 1.88. The number of nitro groups is 1. The van der Waals surface area contributed by atoms with Gasteiger partial charge >= 0.3 is 0 Å². The molecule has 0 saturated heterocycles. The highest BCUT2D eigenvalue weighted by molar-refractivity contribution is 5.34. The van der Waals surface area contributed by atoms with Crippen LogP contribution in [-0.4, -0.2) is 4.92 Å². The number of nitro benzene ring substituents is 1. The first-order chi connectivity index (χ1) is 9.56. The highest BCUT2D eigenvalue weighted by Gasteiger charge is 2.08. The van der Waals surface area contributed by atoms with Crippen molar-refractivity contribution in [1.29, 1.82) is 0 Å². The molecule has 2 aromatic carbocycles. The molecule has 0 aliphatic heterocycles. The number of hydrogen-bond donors (Lipinski definition) is 1. The van der Waals surface area contributed by atoms with Crippen LogP contribution in [0.1, 0.15) is 24.1 Å². The van der Waals surface area contributed by atoms with Crippen molar-refractivity contribution in [2.75, 3.05) is 0 Å². The van der Waals surface area contributed by atoms with Crippen molar-refractivity contribution < 1.29 is 9.31 Å². The van der Waals surface area contributed by atoms with E-state index < -0.39 is 4.92 Å². The van der Waals surface area contributed by atoms with Crippen molar-refractivity contribution in [2.24, 2.45) is 0 Å². The zero-order valence-electron chi connectivity index (χ0n) is 11.0. The van der Waals surface area contributed by atoms with Gasteiger partial charge in [0.15, 0.2) is 0 Å². The van der Waals surface area contributed by atoms with Crippen LogP contribution in [-0.2, 0) is 6.54 Å². The Morgan fingerprint density at radius 3 is 2.30 bits per heavy atom. The first kappa shape index (κ1) is 14.1.